The molecule has 88 valence electrons. The summed E-state index contributed by atoms with van der Waals surface area (Å²) in [7, 11) is 0. The first-order valence-electron chi connectivity index (χ1n) is 5.92. The van der Waals surface area contributed by atoms with Crippen molar-refractivity contribution >= 4 is 11.3 Å². The third-order valence-electron chi connectivity index (χ3n) is 3.19. The van der Waals surface area contributed by atoms with Gasteiger partial charge in [-0.3, -0.25) is 4.90 Å². The second-order valence-electron chi connectivity index (χ2n) is 4.39. The molecule has 0 radical (unpaired) electrons. The number of hydrogen-bond donors (Lipinski definition) is 1. The third kappa shape index (κ3) is 2.73. The summed E-state index contributed by atoms with van der Waals surface area (Å²) in [6.07, 6.45) is 3.14. The van der Waals surface area contributed by atoms with Gasteiger partial charge in [-0.2, -0.15) is 0 Å². The zero-order chi connectivity index (χ0) is 11.4. The number of nitrogens with zero attached hydrogens (tertiary/aromatic N) is 1. The fourth-order valence-electron chi connectivity index (χ4n) is 2.17. The normalized spacial score (nSPS) is 18.1. The number of hydrogen-bond acceptors (Lipinski definition) is 3. The Hall–Kier alpha value is -0.640. The fraction of sp³-hybridized carbons (Fsp3) is 0.538. The van der Waals surface area contributed by atoms with Gasteiger partial charge in [0.2, 0.25) is 0 Å². The molecule has 0 amide bonds. The van der Waals surface area contributed by atoms with Crippen LogP contribution in [0.4, 0.5) is 0 Å². The van der Waals surface area contributed by atoms with Crippen LogP contribution >= 0.6 is 11.3 Å². The van der Waals surface area contributed by atoms with E-state index in [0.29, 0.717) is 6.04 Å². The Bertz CT molecular complexity index is 345. The zero-order valence-corrected chi connectivity index (χ0v) is 10.7. The van der Waals surface area contributed by atoms with Crippen LogP contribution in [-0.2, 0) is 13.0 Å². The summed E-state index contributed by atoms with van der Waals surface area (Å²) in [5, 5.41) is 5.61. The minimum atomic E-state index is 0.605. The SMILES string of the molecule is C=CCNCC(C)N1CCc2sccc2C1. The van der Waals surface area contributed by atoms with Crippen LogP contribution < -0.4 is 5.32 Å². The summed E-state index contributed by atoms with van der Waals surface area (Å²) in [5.74, 6) is 0. The number of rotatable bonds is 5. The van der Waals surface area contributed by atoms with Gasteiger partial charge in [-0.25, -0.2) is 0 Å². The molecule has 0 saturated heterocycles. The van der Waals surface area contributed by atoms with Gasteiger partial charge in [0.25, 0.3) is 0 Å². The molecule has 2 rings (SSSR count). The Kier molecular flexibility index (Phi) is 4.16. The molecule has 16 heavy (non-hydrogen) atoms. The molecule has 2 nitrogen and oxygen atoms in total. The van der Waals surface area contributed by atoms with Gasteiger partial charge in [0.1, 0.15) is 0 Å². The minimum Gasteiger partial charge on any atom is -0.312 e. The predicted octanol–water partition coefficient (Wildman–Crippen LogP) is 2.27. The van der Waals surface area contributed by atoms with Crippen LogP contribution in [0.2, 0.25) is 0 Å². The highest BCUT2D eigenvalue weighted by Crippen LogP contribution is 2.24. The maximum atomic E-state index is 3.72. The molecule has 1 atom stereocenters. The van der Waals surface area contributed by atoms with Gasteiger partial charge in [-0.1, -0.05) is 6.08 Å². The van der Waals surface area contributed by atoms with E-state index in [0.717, 1.165) is 19.6 Å². The highest BCUT2D eigenvalue weighted by Gasteiger charge is 2.20. The molecule has 1 aliphatic rings. The van der Waals surface area contributed by atoms with Gasteiger partial charge in [0.15, 0.2) is 0 Å². The highest BCUT2D eigenvalue weighted by atomic mass is 32.1. The molecule has 3 heteroatoms. The Morgan fingerprint density at radius 2 is 2.56 bits per heavy atom. The van der Waals surface area contributed by atoms with Crippen molar-refractivity contribution < 1.29 is 0 Å². The molecule has 1 aromatic rings. The standard InChI is InChI=1S/C13H20N2S/c1-3-6-14-9-11(2)15-7-4-13-12(10-15)5-8-16-13/h3,5,8,11,14H,1,4,6-7,9-10H2,2H3. The predicted molar refractivity (Wildman–Crippen MR) is 71.0 cm³/mol. The van der Waals surface area contributed by atoms with Crippen molar-refractivity contribution in [3.8, 4) is 0 Å². The van der Waals surface area contributed by atoms with E-state index in [2.05, 4.69) is 35.2 Å². The molecule has 0 spiro atoms. The Labute approximate surface area is 102 Å². The average molecular weight is 236 g/mol. The molecule has 0 aromatic carbocycles. The second kappa shape index (κ2) is 5.62. The first-order chi connectivity index (χ1) is 7.81. The van der Waals surface area contributed by atoms with Crippen LogP contribution in [0.15, 0.2) is 24.1 Å². The van der Waals surface area contributed by atoms with Crippen LogP contribution in [0.25, 0.3) is 0 Å². The average Bonchev–Trinajstić information content (AvgIpc) is 2.76. The number of fused-ring (bicyclic) bond motifs is 1. The third-order valence-corrected chi connectivity index (χ3v) is 4.21. The van der Waals surface area contributed by atoms with Gasteiger partial charge in [0, 0.05) is 37.1 Å². The Morgan fingerprint density at radius 1 is 1.69 bits per heavy atom. The van der Waals surface area contributed by atoms with Crippen molar-refractivity contribution in [3.63, 3.8) is 0 Å². The summed E-state index contributed by atoms with van der Waals surface area (Å²) in [4.78, 5) is 4.15. The number of nitrogens with one attached hydrogen (secondary N) is 1. The molecule has 1 N–H and O–H groups in total. The first kappa shape index (κ1) is 11.8. The van der Waals surface area contributed by atoms with E-state index in [1.165, 1.54) is 18.5 Å². The van der Waals surface area contributed by atoms with E-state index in [4.69, 9.17) is 0 Å². The smallest absolute Gasteiger partial charge is 0.0248 e. The van der Waals surface area contributed by atoms with Crippen molar-refractivity contribution in [3.05, 3.63) is 34.5 Å². The maximum Gasteiger partial charge on any atom is 0.0248 e. The minimum absolute atomic E-state index is 0.605. The molecule has 1 aliphatic heterocycles. The van der Waals surface area contributed by atoms with Crippen molar-refractivity contribution in [1.82, 2.24) is 10.2 Å². The summed E-state index contributed by atoms with van der Waals surface area (Å²) in [5.41, 5.74) is 1.53. The summed E-state index contributed by atoms with van der Waals surface area (Å²) in [6.45, 7) is 10.3. The highest BCUT2D eigenvalue weighted by molar-refractivity contribution is 7.10. The second-order valence-corrected chi connectivity index (χ2v) is 5.39. The van der Waals surface area contributed by atoms with E-state index in [9.17, 15) is 0 Å². The van der Waals surface area contributed by atoms with Gasteiger partial charge >= 0.3 is 0 Å². The topological polar surface area (TPSA) is 15.3 Å². The van der Waals surface area contributed by atoms with E-state index in [-0.39, 0.29) is 0 Å². The quantitative estimate of drug-likeness (QED) is 0.623. The molecule has 1 aromatic heterocycles. The Balaban J connectivity index is 1.85. The van der Waals surface area contributed by atoms with E-state index in [1.54, 1.807) is 4.88 Å². The van der Waals surface area contributed by atoms with Crippen LogP contribution in [-0.4, -0.2) is 30.6 Å². The molecule has 0 bridgehead atoms. The first-order valence-corrected chi connectivity index (χ1v) is 6.80. The monoisotopic (exact) mass is 236 g/mol. The van der Waals surface area contributed by atoms with Crippen LogP contribution in [0, 0.1) is 0 Å². The van der Waals surface area contributed by atoms with Crippen molar-refractivity contribution in [2.75, 3.05) is 19.6 Å². The molecule has 0 saturated carbocycles. The van der Waals surface area contributed by atoms with E-state index in [1.807, 2.05) is 17.4 Å². The molecule has 2 heterocycles. The lowest BCUT2D eigenvalue weighted by Gasteiger charge is -2.32. The van der Waals surface area contributed by atoms with Crippen molar-refractivity contribution in [2.45, 2.75) is 25.9 Å². The molecular formula is C13H20N2S. The fourth-order valence-corrected chi connectivity index (χ4v) is 3.06. The van der Waals surface area contributed by atoms with E-state index < -0.39 is 0 Å². The summed E-state index contributed by atoms with van der Waals surface area (Å²) < 4.78 is 0. The van der Waals surface area contributed by atoms with Crippen molar-refractivity contribution in [1.29, 1.82) is 0 Å². The van der Waals surface area contributed by atoms with Crippen molar-refractivity contribution in [2.24, 2.45) is 0 Å². The lowest BCUT2D eigenvalue weighted by Crippen LogP contribution is -2.42. The lowest BCUT2D eigenvalue weighted by molar-refractivity contribution is 0.189. The van der Waals surface area contributed by atoms with Crippen LogP contribution in [0.1, 0.15) is 17.4 Å². The summed E-state index contributed by atoms with van der Waals surface area (Å²) in [6, 6.07) is 2.88. The molecule has 0 fully saturated rings. The zero-order valence-electron chi connectivity index (χ0n) is 9.91. The van der Waals surface area contributed by atoms with Gasteiger partial charge in [-0.15, -0.1) is 17.9 Å². The maximum absolute atomic E-state index is 3.72. The van der Waals surface area contributed by atoms with Crippen LogP contribution in [0.3, 0.4) is 0 Å². The molecule has 0 aliphatic carbocycles. The van der Waals surface area contributed by atoms with Gasteiger partial charge in [-0.05, 0) is 30.4 Å². The number of thiophene rings is 1. The molecular weight excluding hydrogens is 216 g/mol. The Morgan fingerprint density at radius 3 is 3.38 bits per heavy atom. The van der Waals surface area contributed by atoms with Gasteiger partial charge in [0.05, 0.1) is 0 Å². The van der Waals surface area contributed by atoms with E-state index >= 15 is 0 Å². The van der Waals surface area contributed by atoms with Gasteiger partial charge < -0.3 is 5.32 Å². The van der Waals surface area contributed by atoms with Crippen LogP contribution in [0.5, 0.6) is 0 Å². The largest absolute Gasteiger partial charge is 0.312 e. The lowest BCUT2D eigenvalue weighted by atomic mass is 10.1. The molecule has 1 unspecified atom stereocenters. The summed E-state index contributed by atoms with van der Waals surface area (Å²) >= 11 is 1.91.